The van der Waals surface area contributed by atoms with Crippen LogP contribution in [0, 0.1) is 90.6 Å². The molecule has 0 spiro atoms. The topological polar surface area (TPSA) is 252 Å². The Bertz CT molecular complexity index is 3640. The normalized spacial score (nSPS) is 10.6. The Morgan fingerprint density at radius 2 is 0.606 bits per heavy atom. The molecule has 10 rings (SSSR count). The maximum Gasteiger partial charge on any atom is 0.177 e. The van der Waals surface area contributed by atoms with Gasteiger partial charge in [-0.05, 0) is 95.1 Å². The average molecular weight is 841 g/mol. The van der Waals surface area contributed by atoms with Crippen molar-refractivity contribution >= 4 is 43.6 Å². The first kappa shape index (κ1) is 39.2. The van der Waals surface area contributed by atoms with E-state index in [1.165, 1.54) is 12.4 Å². The number of rotatable bonds is 5. The summed E-state index contributed by atoms with van der Waals surface area (Å²) < 4.78 is 4.19. The monoisotopic (exact) mass is 840 g/mol. The minimum atomic E-state index is -0.105. The van der Waals surface area contributed by atoms with Crippen molar-refractivity contribution in [3.63, 3.8) is 0 Å². The van der Waals surface area contributed by atoms with Crippen LogP contribution in [0.15, 0.2) is 122 Å². The second-order valence-corrected chi connectivity index (χ2v) is 14.9. The lowest BCUT2D eigenvalue weighted by Crippen LogP contribution is -2.08. The molecule has 0 bridgehead atoms. The number of nitriles is 8. The average Bonchev–Trinajstić information content (AvgIpc) is 3.87. The fourth-order valence-corrected chi connectivity index (χ4v) is 8.32. The minimum absolute atomic E-state index is 0.0871. The molecule has 298 valence electrons. The Hall–Kier alpha value is -11.0. The quantitative estimate of drug-likeness (QED) is 0.157. The molecule has 0 unspecified atom stereocenters. The largest absolute Gasteiger partial charge is 0.248 e. The molecule has 6 aromatic carbocycles. The zero-order chi connectivity index (χ0) is 45.6. The van der Waals surface area contributed by atoms with Gasteiger partial charge >= 0.3 is 0 Å². The number of hydrogen-bond acceptors (Lipinski definition) is 12. The number of fused-ring (bicyclic) bond motifs is 6. The molecule has 0 saturated carbocycles. The van der Waals surface area contributed by atoms with Gasteiger partial charge in [0.05, 0.1) is 68.1 Å². The van der Waals surface area contributed by atoms with Crippen molar-refractivity contribution in [3.8, 4) is 93.3 Å². The van der Waals surface area contributed by atoms with E-state index in [4.69, 9.17) is 0 Å². The van der Waals surface area contributed by atoms with Crippen LogP contribution in [0.25, 0.3) is 88.4 Å². The van der Waals surface area contributed by atoms with Gasteiger partial charge in [-0.3, -0.25) is 0 Å². The third-order valence-corrected chi connectivity index (χ3v) is 11.4. The Labute approximate surface area is 373 Å². The van der Waals surface area contributed by atoms with Gasteiger partial charge in [0.1, 0.15) is 48.6 Å². The highest BCUT2D eigenvalue weighted by atomic mass is 15.5. The van der Waals surface area contributed by atoms with Gasteiger partial charge in [0, 0.05) is 32.7 Å². The summed E-state index contributed by atoms with van der Waals surface area (Å²) in [5, 5.41) is 80.8. The van der Waals surface area contributed by atoms with Gasteiger partial charge in [0.15, 0.2) is 22.8 Å². The Morgan fingerprint density at radius 3 is 0.939 bits per heavy atom. The molecule has 66 heavy (non-hydrogen) atoms. The van der Waals surface area contributed by atoms with E-state index >= 15 is 0 Å². The Kier molecular flexibility index (Phi) is 9.18. The molecule has 0 atom stereocenters. The fraction of sp³-hybridized carbons (Fsp3) is 0. The molecule has 4 aromatic heterocycles. The smallest absolute Gasteiger partial charge is 0.177 e. The number of hydrogen-bond donors (Lipinski definition) is 0. The van der Waals surface area contributed by atoms with E-state index in [1.807, 2.05) is 109 Å². The second kappa shape index (κ2) is 15.5. The zero-order valence-electron chi connectivity index (χ0n) is 33.8. The van der Waals surface area contributed by atoms with Crippen LogP contribution < -0.4 is 0 Å². The van der Waals surface area contributed by atoms with Gasteiger partial charge in [-0.15, -0.1) is 0 Å². The van der Waals surface area contributed by atoms with Crippen LogP contribution in [0.4, 0.5) is 0 Å². The van der Waals surface area contributed by atoms with Crippen molar-refractivity contribution < 1.29 is 0 Å². The van der Waals surface area contributed by atoms with Crippen molar-refractivity contribution in [2.45, 2.75) is 0 Å². The van der Waals surface area contributed by atoms with Crippen molar-refractivity contribution in [1.82, 2.24) is 29.3 Å². The van der Waals surface area contributed by atoms with Crippen LogP contribution in [-0.2, 0) is 0 Å². The number of nitrogens with zero attached hydrogens (tertiary/aromatic N) is 14. The van der Waals surface area contributed by atoms with Crippen LogP contribution >= 0.6 is 0 Å². The number of benzene rings is 6. The summed E-state index contributed by atoms with van der Waals surface area (Å²) >= 11 is 0. The molecule has 0 N–H and O–H groups in total. The fourth-order valence-electron chi connectivity index (χ4n) is 8.32. The molecule has 4 heterocycles. The SMILES string of the molecule is N#Cc1ccc(-c2ccc3c(c2)c2cc(-c4ccc(C#N)c(C#N)c4)ccc2n3-n2c3ccc(-c4cnc(C#N)c(C#N)n4)cc3c3cc(-c4cnc(C#N)c(C#N)n4)ccc32)cc1C#N. The summed E-state index contributed by atoms with van der Waals surface area (Å²) in [4.78, 5) is 17.3. The van der Waals surface area contributed by atoms with E-state index < -0.39 is 0 Å². The molecule has 0 aliphatic heterocycles. The first-order valence-corrected chi connectivity index (χ1v) is 19.7. The highest BCUT2D eigenvalue weighted by Crippen LogP contribution is 2.41. The van der Waals surface area contributed by atoms with Gasteiger partial charge < -0.3 is 0 Å². The summed E-state index contributed by atoms with van der Waals surface area (Å²) in [6, 6.07) is 49.9. The molecule has 0 aliphatic rings. The van der Waals surface area contributed by atoms with Gasteiger partial charge in [-0.2, -0.15) is 42.1 Å². The standard InChI is InChI=1S/C52H20N14/c53-19-35-3-1-29(13-37(35)21-55)31-5-9-49-39(15-31)40-16-32(30-2-4-36(20-54)38(14-30)22-56)6-10-50(40)65(49)66-51-11-7-33(47-27-61-43(23-57)45(25-59)63-47)17-41(51)42-18-34(8-12-52(42)66)48-28-62-44(24-58)46(26-60)64-48/h1-18,27-28H. The van der Waals surface area contributed by atoms with Gasteiger partial charge in [-0.1, -0.05) is 36.4 Å². The summed E-state index contributed by atoms with van der Waals surface area (Å²) in [7, 11) is 0. The molecular weight excluding hydrogens is 821 g/mol. The summed E-state index contributed by atoms with van der Waals surface area (Å²) in [6.45, 7) is 0. The predicted molar refractivity (Wildman–Crippen MR) is 240 cm³/mol. The third-order valence-electron chi connectivity index (χ3n) is 11.4. The molecule has 0 amide bonds. The second-order valence-electron chi connectivity index (χ2n) is 14.9. The first-order chi connectivity index (χ1) is 32.3. The van der Waals surface area contributed by atoms with E-state index in [-0.39, 0.29) is 45.0 Å². The van der Waals surface area contributed by atoms with Crippen molar-refractivity contribution in [3.05, 3.63) is 167 Å². The summed E-state index contributed by atoms with van der Waals surface area (Å²) in [5.41, 5.74) is 8.89. The van der Waals surface area contributed by atoms with Crippen LogP contribution in [0.5, 0.6) is 0 Å². The van der Waals surface area contributed by atoms with Crippen molar-refractivity contribution in [2.75, 3.05) is 0 Å². The maximum atomic E-state index is 9.87. The van der Waals surface area contributed by atoms with Crippen LogP contribution in [0.3, 0.4) is 0 Å². The Morgan fingerprint density at radius 1 is 0.303 bits per heavy atom. The van der Waals surface area contributed by atoms with Crippen LogP contribution in [0.1, 0.15) is 45.0 Å². The number of aromatic nitrogens is 6. The zero-order valence-corrected chi connectivity index (χ0v) is 33.8. The van der Waals surface area contributed by atoms with Gasteiger partial charge in [0.2, 0.25) is 0 Å². The molecule has 0 saturated heterocycles. The lowest BCUT2D eigenvalue weighted by molar-refractivity contribution is 0.775. The molecular formula is C52H20N14. The van der Waals surface area contributed by atoms with E-state index in [0.29, 0.717) is 22.5 Å². The highest BCUT2D eigenvalue weighted by Gasteiger charge is 2.22. The minimum Gasteiger partial charge on any atom is -0.248 e. The molecule has 0 radical (unpaired) electrons. The van der Waals surface area contributed by atoms with Crippen molar-refractivity contribution in [2.24, 2.45) is 0 Å². The summed E-state index contributed by atoms with van der Waals surface area (Å²) in [6.07, 6.45) is 2.90. The maximum absolute atomic E-state index is 9.87. The molecule has 14 heteroatoms. The van der Waals surface area contributed by atoms with E-state index in [9.17, 15) is 42.1 Å². The highest BCUT2D eigenvalue weighted by molar-refractivity contribution is 6.14. The summed E-state index contributed by atoms with van der Waals surface area (Å²) in [5.74, 6) is 0. The third kappa shape index (κ3) is 6.12. The molecule has 10 aromatic rings. The predicted octanol–water partition coefficient (Wildman–Crippen LogP) is 9.44. The van der Waals surface area contributed by atoms with E-state index in [0.717, 1.165) is 65.9 Å². The van der Waals surface area contributed by atoms with Crippen molar-refractivity contribution in [1.29, 1.82) is 42.1 Å². The molecule has 0 fully saturated rings. The van der Waals surface area contributed by atoms with Gasteiger partial charge in [0.25, 0.3) is 0 Å². The molecule has 0 aliphatic carbocycles. The van der Waals surface area contributed by atoms with Gasteiger partial charge in [-0.25, -0.2) is 29.3 Å². The Balaban J connectivity index is 1.28. The van der Waals surface area contributed by atoms with E-state index in [2.05, 4.69) is 53.6 Å². The van der Waals surface area contributed by atoms with Crippen LogP contribution in [-0.4, -0.2) is 29.3 Å². The lowest BCUT2D eigenvalue weighted by Gasteiger charge is -2.14. The molecule has 14 nitrogen and oxygen atoms in total. The van der Waals surface area contributed by atoms with E-state index in [1.54, 1.807) is 24.3 Å². The lowest BCUT2D eigenvalue weighted by atomic mass is 9.97. The first-order valence-electron chi connectivity index (χ1n) is 19.7. The van der Waals surface area contributed by atoms with Crippen LogP contribution in [0.2, 0.25) is 0 Å².